The quantitative estimate of drug-likeness (QED) is 0.868. The van der Waals surface area contributed by atoms with Crippen molar-refractivity contribution in [2.24, 2.45) is 0 Å². The minimum atomic E-state index is -0.433. The van der Waals surface area contributed by atoms with Gasteiger partial charge in [-0.2, -0.15) is 0 Å². The second-order valence-electron chi connectivity index (χ2n) is 6.09. The predicted molar refractivity (Wildman–Crippen MR) is 89.1 cm³/mol. The van der Waals surface area contributed by atoms with Crippen LogP contribution >= 0.6 is 23.2 Å². The lowest BCUT2D eigenvalue weighted by Gasteiger charge is -2.34. The second kappa shape index (κ2) is 7.26. The smallest absolute Gasteiger partial charge is 0.239 e. The number of carbonyl (C=O) groups excluding carboxylic acids is 1. The van der Waals surface area contributed by atoms with Gasteiger partial charge in [0.15, 0.2) is 0 Å². The van der Waals surface area contributed by atoms with Gasteiger partial charge in [0.1, 0.15) is 11.9 Å². The maximum Gasteiger partial charge on any atom is 0.239 e. The maximum absolute atomic E-state index is 12.5. The minimum Gasteiger partial charge on any atom is -0.489 e. The molecule has 2 N–H and O–H groups in total. The first-order valence-corrected chi connectivity index (χ1v) is 8.60. The Labute approximate surface area is 145 Å². The van der Waals surface area contributed by atoms with Gasteiger partial charge in [-0.1, -0.05) is 23.2 Å². The number of rotatable bonds is 3. The molecule has 0 spiro atoms. The van der Waals surface area contributed by atoms with Crippen LogP contribution < -0.4 is 10.1 Å². The number of aliphatic hydroxyl groups excluding tert-OH is 1. The molecule has 2 aliphatic rings. The monoisotopic (exact) mass is 358 g/mol. The lowest BCUT2D eigenvalue weighted by Crippen LogP contribution is -2.50. The lowest BCUT2D eigenvalue weighted by molar-refractivity contribution is -0.135. The van der Waals surface area contributed by atoms with Crippen LogP contribution in [0.15, 0.2) is 18.2 Å². The first-order chi connectivity index (χ1) is 11.0. The van der Waals surface area contributed by atoms with Gasteiger partial charge in [0.05, 0.1) is 28.7 Å². The largest absolute Gasteiger partial charge is 0.489 e. The number of hydrogen-bond acceptors (Lipinski definition) is 4. The lowest BCUT2D eigenvalue weighted by atomic mass is 10.1. The number of nitrogens with zero attached hydrogens (tertiary/aromatic N) is 1. The van der Waals surface area contributed by atoms with Crippen molar-refractivity contribution in [2.45, 2.75) is 37.5 Å². The number of aliphatic hydroxyl groups is 1. The maximum atomic E-state index is 12.5. The molecule has 2 fully saturated rings. The number of β-amino-alcohol motifs (C(OH)–C–C–N with tert-alkyl or cyclic N) is 1. The molecule has 1 aromatic carbocycles. The summed E-state index contributed by atoms with van der Waals surface area (Å²) in [7, 11) is 0. The molecule has 0 radical (unpaired) electrons. The van der Waals surface area contributed by atoms with Crippen molar-refractivity contribution >= 4 is 29.1 Å². The molecule has 0 aromatic heterocycles. The van der Waals surface area contributed by atoms with Crippen molar-refractivity contribution in [3.05, 3.63) is 28.2 Å². The summed E-state index contributed by atoms with van der Waals surface area (Å²) in [5.74, 6) is 0.706. The van der Waals surface area contributed by atoms with E-state index in [0.29, 0.717) is 35.3 Å². The molecule has 7 heteroatoms. The molecular formula is C16H20Cl2N2O3. The Morgan fingerprint density at radius 1 is 1.35 bits per heavy atom. The first-order valence-electron chi connectivity index (χ1n) is 7.85. The Bertz CT molecular complexity index is 584. The number of ether oxygens (including phenoxy) is 1. The second-order valence-corrected chi connectivity index (χ2v) is 6.91. The van der Waals surface area contributed by atoms with Gasteiger partial charge in [-0.25, -0.2) is 0 Å². The summed E-state index contributed by atoms with van der Waals surface area (Å²) in [5, 5.41) is 13.6. The molecule has 23 heavy (non-hydrogen) atoms. The van der Waals surface area contributed by atoms with Gasteiger partial charge in [-0.05, 0) is 31.4 Å². The highest BCUT2D eigenvalue weighted by atomic mass is 35.5. The van der Waals surface area contributed by atoms with E-state index in [1.807, 2.05) is 4.90 Å². The fourth-order valence-electron chi connectivity index (χ4n) is 3.10. The van der Waals surface area contributed by atoms with Crippen molar-refractivity contribution in [3.63, 3.8) is 0 Å². The summed E-state index contributed by atoms with van der Waals surface area (Å²) < 4.78 is 5.95. The van der Waals surface area contributed by atoms with E-state index in [9.17, 15) is 9.90 Å². The summed E-state index contributed by atoms with van der Waals surface area (Å²) in [6.07, 6.45) is 1.78. The van der Waals surface area contributed by atoms with Crippen molar-refractivity contribution in [1.29, 1.82) is 0 Å². The molecule has 1 amide bonds. The molecule has 3 rings (SSSR count). The third-order valence-electron chi connectivity index (χ3n) is 4.29. The number of halogens is 2. The van der Waals surface area contributed by atoms with E-state index in [-0.39, 0.29) is 18.1 Å². The molecule has 2 saturated heterocycles. The van der Waals surface area contributed by atoms with Gasteiger partial charge in [-0.3, -0.25) is 4.79 Å². The van der Waals surface area contributed by atoms with E-state index in [2.05, 4.69) is 5.32 Å². The van der Waals surface area contributed by atoms with Gasteiger partial charge in [0.2, 0.25) is 5.91 Å². The van der Waals surface area contributed by atoms with Crippen molar-refractivity contribution < 1.29 is 14.6 Å². The van der Waals surface area contributed by atoms with Crippen LogP contribution in [0.5, 0.6) is 5.75 Å². The topological polar surface area (TPSA) is 61.8 Å². The van der Waals surface area contributed by atoms with E-state index in [1.54, 1.807) is 18.2 Å². The molecule has 126 valence electrons. The Kier molecular flexibility index (Phi) is 5.31. The number of nitrogens with one attached hydrogen (secondary N) is 1. The molecule has 0 saturated carbocycles. The SMILES string of the molecule is O=C(C1CC(O)CN1)N1CCCC(Oc2ccc(Cl)c(Cl)c2)C1. The highest BCUT2D eigenvalue weighted by molar-refractivity contribution is 6.42. The van der Waals surface area contributed by atoms with Crippen LogP contribution in [-0.2, 0) is 4.79 Å². The van der Waals surface area contributed by atoms with E-state index >= 15 is 0 Å². The average Bonchev–Trinajstić information content (AvgIpc) is 2.97. The fourth-order valence-corrected chi connectivity index (χ4v) is 3.39. The zero-order chi connectivity index (χ0) is 16.4. The molecule has 3 atom stereocenters. The molecule has 3 unspecified atom stereocenters. The predicted octanol–water partition coefficient (Wildman–Crippen LogP) is 2.09. The Hall–Kier alpha value is -1.01. The van der Waals surface area contributed by atoms with Gasteiger partial charge >= 0.3 is 0 Å². The number of hydrogen-bond donors (Lipinski definition) is 2. The molecule has 2 aliphatic heterocycles. The summed E-state index contributed by atoms with van der Waals surface area (Å²) in [4.78, 5) is 14.3. The number of benzene rings is 1. The van der Waals surface area contributed by atoms with E-state index in [0.717, 1.165) is 19.4 Å². The van der Waals surface area contributed by atoms with E-state index < -0.39 is 6.10 Å². The van der Waals surface area contributed by atoms with Crippen molar-refractivity contribution in [1.82, 2.24) is 10.2 Å². The van der Waals surface area contributed by atoms with Gasteiger partial charge in [-0.15, -0.1) is 0 Å². The first kappa shape index (κ1) is 16.8. The fraction of sp³-hybridized carbons (Fsp3) is 0.562. The minimum absolute atomic E-state index is 0.0454. The number of amides is 1. The normalized spacial score (nSPS) is 28.0. The Balaban J connectivity index is 1.59. The van der Waals surface area contributed by atoms with E-state index in [1.165, 1.54) is 0 Å². The summed E-state index contributed by atoms with van der Waals surface area (Å²) >= 11 is 11.9. The summed E-state index contributed by atoms with van der Waals surface area (Å²) in [6.45, 7) is 1.76. The summed E-state index contributed by atoms with van der Waals surface area (Å²) in [6, 6.07) is 4.90. The van der Waals surface area contributed by atoms with Crippen LogP contribution in [0.25, 0.3) is 0 Å². The standard InChI is InChI=1S/C16H20Cl2N2O3/c17-13-4-3-11(7-14(13)18)23-12-2-1-5-20(9-12)16(22)15-6-10(21)8-19-15/h3-4,7,10,12,15,19,21H,1-2,5-6,8-9H2. The molecule has 0 bridgehead atoms. The zero-order valence-electron chi connectivity index (χ0n) is 12.7. The van der Waals surface area contributed by atoms with Crippen LogP contribution in [0.1, 0.15) is 19.3 Å². The van der Waals surface area contributed by atoms with Gasteiger partial charge in [0, 0.05) is 19.2 Å². The average molecular weight is 359 g/mol. The van der Waals surface area contributed by atoms with Crippen molar-refractivity contribution in [3.8, 4) is 5.75 Å². The Morgan fingerprint density at radius 3 is 2.87 bits per heavy atom. The molecule has 1 aromatic rings. The van der Waals surface area contributed by atoms with Gasteiger partial charge < -0.3 is 20.1 Å². The third-order valence-corrected chi connectivity index (χ3v) is 5.03. The highest BCUT2D eigenvalue weighted by Crippen LogP contribution is 2.28. The van der Waals surface area contributed by atoms with Crippen LogP contribution in [0.2, 0.25) is 10.0 Å². The third kappa shape index (κ3) is 4.10. The number of likely N-dealkylation sites (tertiary alicyclic amines) is 1. The van der Waals surface area contributed by atoms with Crippen LogP contribution in [-0.4, -0.2) is 53.8 Å². The molecule has 2 heterocycles. The van der Waals surface area contributed by atoms with Crippen molar-refractivity contribution in [2.75, 3.05) is 19.6 Å². The highest BCUT2D eigenvalue weighted by Gasteiger charge is 2.34. The molecule has 0 aliphatic carbocycles. The van der Waals surface area contributed by atoms with Gasteiger partial charge in [0.25, 0.3) is 0 Å². The molecular weight excluding hydrogens is 339 g/mol. The Morgan fingerprint density at radius 2 is 2.17 bits per heavy atom. The number of piperidine rings is 1. The zero-order valence-corrected chi connectivity index (χ0v) is 14.2. The molecule has 5 nitrogen and oxygen atoms in total. The number of carbonyl (C=O) groups is 1. The van der Waals surface area contributed by atoms with Crippen LogP contribution in [0, 0.1) is 0 Å². The summed E-state index contributed by atoms with van der Waals surface area (Å²) in [5.41, 5.74) is 0. The van der Waals surface area contributed by atoms with Crippen LogP contribution in [0.3, 0.4) is 0 Å². The van der Waals surface area contributed by atoms with E-state index in [4.69, 9.17) is 27.9 Å². The van der Waals surface area contributed by atoms with Crippen LogP contribution in [0.4, 0.5) is 0 Å².